The molecule has 1 saturated carbocycles. The van der Waals surface area contributed by atoms with E-state index in [1.807, 2.05) is 6.26 Å². The molecule has 1 aliphatic carbocycles. The Bertz CT molecular complexity index is 624. The molecular weight excluding hydrogens is 336 g/mol. The Morgan fingerprint density at radius 3 is 2.67 bits per heavy atom. The Kier molecular flexibility index (Phi) is 5.94. The quantitative estimate of drug-likeness (QED) is 0.473. The molecule has 0 amide bonds. The van der Waals surface area contributed by atoms with E-state index in [1.54, 1.807) is 6.20 Å². The highest BCUT2D eigenvalue weighted by Crippen LogP contribution is 2.39. The topological polar surface area (TPSA) is 70.8 Å². The minimum Gasteiger partial charge on any atom is -0.414 e. The summed E-state index contributed by atoms with van der Waals surface area (Å²) in [6.07, 6.45) is 6.91. The highest BCUT2D eigenvalue weighted by Gasteiger charge is 2.40. The Morgan fingerprint density at radius 2 is 2.08 bits per heavy atom. The monoisotopic (exact) mass is 364 g/mol. The number of nitrogens with one attached hydrogen (secondary N) is 1. The molecule has 1 N–H and O–H groups in total. The molecule has 2 atom stereocenters. The molecule has 5 nitrogen and oxygen atoms in total. The minimum absolute atomic E-state index is 0.229. The van der Waals surface area contributed by atoms with E-state index in [-0.39, 0.29) is 5.04 Å². The van der Waals surface area contributed by atoms with Crippen molar-refractivity contribution in [2.45, 2.75) is 75.5 Å². The number of aromatic nitrogens is 2. The lowest BCUT2D eigenvalue weighted by atomic mass is 10.2. The van der Waals surface area contributed by atoms with Crippen LogP contribution in [0.4, 0.5) is 5.82 Å². The smallest absolute Gasteiger partial charge is 0.192 e. The summed E-state index contributed by atoms with van der Waals surface area (Å²) in [5.41, 5.74) is 0.501. The third-order valence-electron chi connectivity index (χ3n) is 5.06. The van der Waals surface area contributed by atoms with Crippen LogP contribution in [0.5, 0.6) is 0 Å². The van der Waals surface area contributed by atoms with Crippen LogP contribution in [0, 0.1) is 11.3 Å². The molecule has 0 bridgehead atoms. The first-order valence-corrected chi connectivity index (χ1v) is 12.5. The first kappa shape index (κ1) is 19.2. The van der Waals surface area contributed by atoms with Crippen molar-refractivity contribution in [2.75, 3.05) is 11.6 Å². The van der Waals surface area contributed by atoms with E-state index in [0.717, 1.165) is 19.3 Å². The third-order valence-corrected chi connectivity index (χ3v) is 10.2. The van der Waals surface area contributed by atoms with E-state index in [4.69, 9.17) is 4.43 Å². The lowest BCUT2D eigenvalue weighted by molar-refractivity contribution is 0.187. The van der Waals surface area contributed by atoms with Crippen LogP contribution in [0.1, 0.15) is 45.6 Å². The fraction of sp³-hybridized carbons (Fsp3) is 0.706. The number of thioether (sulfide) groups is 1. The molecule has 1 fully saturated rings. The van der Waals surface area contributed by atoms with Gasteiger partial charge in [0.1, 0.15) is 17.5 Å². The lowest BCUT2D eigenvalue weighted by Crippen LogP contribution is -2.43. The van der Waals surface area contributed by atoms with Crippen molar-refractivity contribution in [1.82, 2.24) is 9.97 Å². The summed E-state index contributed by atoms with van der Waals surface area (Å²) >= 11 is 1.48. The maximum Gasteiger partial charge on any atom is 0.192 e. The van der Waals surface area contributed by atoms with Gasteiger partial charge in [-0.05, 0) is 43.7 Å². The van der Waals surface area contributed by atoms with Crippen molar-refractivity contribution in [3.63, 3.8) is 0 Å². The fourth-order valence-corrected chi connectivity index (χ4v) is 4.36. The van der Waals surface area contributed by atoms with Gasteiger partial charge in [-0.25, -0.2) is 9.97 Å². The first-order chi connectivity index (χ1) is 11.2. The fourth-order valence-electron chi connectivity index (χ4n) is 2.62. The van der Waals surface area contributed by atoms with Crippen molar-refractivity contribution in [3.8, 4) is 6.07 Å². The second-order valence-corrected chi connectivity index (χ2v) is 13.4. The average Bonchev–Trinajstić information content (AvgIpc) is 2.92. The molecule has 0 saturated heterocycles. The summed E-state index contributed by atoms with van der Waals surface area (Å²) in [7, 11) is -1.73. The number of anilines is 1. The van der Waals surface area contributed by atoms with Crippen LogP contribution in [0.15, 0.2) is 11.4 Å². The first-order valence-electron chi connectivity index (χ1n) is 8.42. The molecule has 1 aromatic rings. The molecular formula is C17H28N4OSSi. The zero-order valence-corrected chi connectivity index (χ0v) is 17.3. The van der Waals surface area contributed by atoms with Gasteiger partial charge >= 0.3 is 0 Å². The van der Waals surface area contributed by atoms with Gasteiger partial charge in [0.05, 0.1) is 6.20 Å². The Balaban J connectivity index is 2.01. The van der Waals surface area contributed by atoms with E-state index in [2.05, 4.69) is 55.2 Å². The Morgan fingerprint density at radius 1 is 1.38 bits per heavy atom. The van der Waals surface area contributed by atoms with Gasteiger partial charge in [0.15, 0.2) is 13.5 Å². The van der Waals surface area contributed by atoms with Gasteiger partial charge in [-0.1, -0.05) is 32.5 Å². The van der Waals surface area contributed by atoms with Crippen LogP contribution in [0.2, 0.25) is 18.1 Å². The molecule has 24 heavy (non-hydrogen) atoms. The second kappa shape index (κ2) is 7.42. The van der Waals surface area contributed by atoms with Gasteiger partial charge in [-0.15, -0.1) is 0 Å². The summed E-state index contributed by atoms with van der Waals surface area (Å²) in [6, 6.07) is 2.47. The van der Waals surface area contributed by atoms with Crippen molar-refractivity contribution in [2.24, 2.45) is 0 Å². The molecule has 0 spiro atoms. The van der Waals surface area contributed by atoms with Gasteiger partial charge < -0.3 is 9.74 Å². The molecule has 1 aliphatic rings. The molecule has 0 aliphatic heterocycles. The molecule has 7 heteroatoms. The Labute approximate surface area is 150 Å². The van der Waals surface area contributed by atoms with Gasteiger partial charge in [0.2, 0.25) is 0 Å². The van der Waals surface area contributed by atoms with Crippen LogP contribution in [-0.2, 0) is 4.43 Å². The van der Waals surface area contributed by atoms with E-state index in [1.165, 1.54) is 11.8 Å². The zero-order valence-electron chi connectivity index (χ0n) is 15.5. The molecule has 2 rings (SSSR count). The van der Waals surface area contributed by atoms with Gasteiger partial charge in [-0.2, -0.15) is 5.26 Å². The van der Waals surface area contributed by atoms with E-state index in [9.17, 15) is 5.26 Å². The van der Waals surface area contributed by atoms with Gasteiger partial charge in [-0.3, -0.25) is 0 Å². The maximum atomic E-state index is 9.25. The van der Waals surface area contributed by atoms with Gasteiger partial charge in [0, 0.05) is 12.1 Å². The average molecular weight is 365 g/mol. The maximum absolute atomic E-state index is 9.25. The van der Waals surface area contributed by atoms with Gasteiger partial charge in [0.25, 0.3) is 0 Å². The van der Waals surface area contributed by atoms with Crippen LogP contribution in [0.25, 0.3) is 0 Å². The molecule has 1 heterocycles. The molecule has 0 unspecified atom stereocenters. The predicted molar refractivity (Wildman–Crippen MR) is 102 cm³/mol. The summed E-state index contributed by atoms with van der Waals surface area (Å²) in [4.78, 5) is 8.61. The summed E-state index contributed by atoms with van der Waals surface area (Å²) in [6.45, 7) is 11.4. The van der Waals surface area contributed by atoms with Crippen molar-refractivity contribution >= 4 is 25.9 Å². The van der Waals surface area contributed by atoms with E-state index < -0.39 is 8.32 Å². The number of nitriles is 1. The number of nitrogens with zero attached hydrogens (tertiary/aromatic N) is 3. The number of hydrogen-bond acceptors (Lipinski definition) is 6. The summed E-state index contributed by atoms with van der Waals surface area (Å²) < 4.78 is 6.53. The van der Waals surface area contributed by atoms with Crippen LogP contribution >= 0.6 is 11.8 Å². The highest BCUT2D eigenvalue weighted by atomic mass is 32.2. The van der Waals surface area contributed by atoms with Crippen LogP contribution < -0.4 is 5.32 Å². The number of hydrogen-bond donors (Lipinski definition) is 1. The van der Waals surface area contributed by atoms with Crippen molar-refractivity contribution in [3.05, 3.63) is 11.8 Å². The molecule has 132 valence electrons. The van der Waals surface area contributed by atoms with Crippen molar-refractivity contribution < 1.29 is 4.43 Å². The highest BCUT2D eigenvalue weighted by molar-refractivity contribution is 7.98. The Hall–Kier alpha value is -1.10. The van der Waals surface area contributed by atoms with Crippen molar-refractivity contribution in [1.29, 1.82) is 5.26 Å². The predicted octanol–water partition coefficient (Wildman–Crippen LogP) is 4.42. The standard InChI is InChI=1S/C17H28N4OSSi/c1-17(2,3)24(5,6)22-14-8-7-13(9-14)20-15-12(10-18)11-19-16(21-15)23-4/h11,13-14H,7-9H2,1-6H3,(H,19,20,21)/t13-,14-/m1/s1. The molecule has 1 aromatic heterocycles. The molecule has 0 aromatic carbocycles. The van der Waals surface area contributed by atoms with E-state index >= 15 is 0 Å². The SMILES string of the molecule is CSc1ncc(C#N)c(N[C@@H]2CC[C@@H](O[Si](C)(C)C(C)(C)C)C2)n1. The van der Waals surface area contributed by atoms with Crippen LogP contribution in [-0.4, -0.2) is 36.7 Å². The lowest BCUT2D eigenvalue weighted by Gasteiger charge is -2.38. The van der Waals surface area contributed by atoms with Crippen LogP contribution in [0.3, 0.4) is 0 Å². The van der Waals surface area contributed by atoms with E-state index in [0.29, 0.717) is 28.7 Å². The third kappa shape index (κ3) is 4.50. The summed E-state index contributed by atoms with van der Waals surface area (Å²) in [5, 5.41) is 13.6. The normalized spacial score (nSPS) is 21.5. The zero-order chi connectivity index (χ0) is 18.0. The summed E-state index contributed by atoms with van der Waals surface area (Å²) in [5.74, 6) is 0.648. The minimum atomic E-state index is -1.73. The number of rotatable bonds is 5. The largest absolute Gasteiger partial charge is 0.414 e. The molecule has 0 radical (unpaired) electrons. The second-order valence-electron chi connectivity index (χ2n) is 7.89.